The highest BCUT2D eigenvalue weighted by Crippen LogP contribution is 2.26. The van der Waals surface area contributed by atoms with Gasteiger partial charge in [-0.2, -0.15) is 13.2 Å². The van der Waals surface area contributed by atoms with Crippen molar-refractivity contribution in [2.24, 2.45) is 0 Å². The van der Waals surface area contributed by atoms with Crippen molar-refractivity contribution >= 4 is 27.6 Å². The highest BCUT2D eigenvalue weighted by atomic mass is 79.9. The average molecular weight is 341 g/mol. The van der Waals surface area contributed by atoms with E-state index in [-0.39, 0.29) is 6.42 Å². The zero-order valence-electron chi connectivity index (χ0n) is 10.5. The summed E-state index contributed by atoms with van der Waals surface area (Å²) in [5, 5.41) is 6.04. The maximum Gasteiger partial charge on any atom is 0.389 e. The topological polar surface area (TPSA) is 49.8 Å². The summed E-state index contributed by atoms with van der Waals surface area (Å²) in [5.74, 6) is 1.24. The van der Waals surface area contributed by atoms with Crippen molar-refractivity contribution < 1.29 is 13.2 Å². The van der Waals surface area contributed by atoms with Crippen molar-refractivity contribution in [3.63, 3.8) is 0 Å². The zero-order valence-corrected chi connectivity index (χ0v) is 12.1. The van der Waals surface area contributed by atoms with E-state index in [9.17, 15) is 13.2 Å². The first-order valence-corrected chi connectivity index (χ1v) is 6.78. The predicted octanol–water partition coefficient (Wildman–Crippen LogP) is 3.82. The molecule has 1 aromatic rings. The number of hydrogen-bond acceptors (Lipinski definition) is 4. The van der Waals surface area contributed by atoms with Gasteiger partial charge in [-0.25, -0.2) is 9.97 Å². The molecule has 0 radical (unpaired) electrons. The normalized spacial score (nSPS) is 11.4. The lowest BCUT2D eigenvalue weighted by Gasteiger charge is -2.11. The largest absolute Gasteiger partial charge is 0.389 e. The first-order valence-electron chi connectivity index (χ1n) is 5.99. The van der Waals surface area contributed by atoms with E-state index in [1.54, 1.807) is 0 Å². The van der Waals surface area contributed by atoms with E-state index in [1.165, 1.54) is 6.33 Å². The molecule has 1 rings (SSSR count). The molecule has 8 heteroatoms. The molecule has 0 aliphatic carbocycles. The molecule has 0 spiro atoms. The first kappa shape index (κ1) is 16.0. The number of halogens is 4. The zero-order chi connectivity index (χ0) is 14.3. The van der Waals surface area contributed by atoms with Crippen LogP contribution in [0.1, 0.15) is 26.2 Å². The Morgan fingerprint density at radius 3 is 2.37 bits per heavy atom. The van der Waals surface area contributed by atoms with Crippen LogP contribution in [0.3, 0.4) is 0 Å². The molecule has 0 bridgehead atoms. The minimum Gasteiger partial charge on any atom is -0.369 e. The van der Waals surface area contributed by atoms with Crippen LogP contribution in [0.25, 0.3) is 0 Å². The van der Waals surface area contributed by atoms with Gasteiger partial charge < -0.3 is 10.6 Å². The molecule has 1 heterocycles. The molecule has 0 saturated heterocycles. The fraction of sp³-hybridized carbons (Fsp3) is 0.636. The SMILES string of the molecule is CCNc1ncnc(NCCCCC(F)(F)F)c1Br. The summed E-state index contributed by atoms with van der Waals surface area (Å²) >= 11 is 3.35. The molecule has 0 aliphatic rings. The van der Waals surface area contributed by atoms with Gasteiger partial charge >= 0.3 is 6.18 Å². The number of rotatable bonds is 7. The minimum atomic E-state index is -4.08. The molecule has 4 nitrogen and oxygen atoms in total. The van der Waals surface area contributed by atoms with Crippen LogP contribution in [0.15, 0.2) is 10.8 Å². The standard InChI is InChI=1S/C11H16BrF3N4/c1-2-16-9-8(12)10(19-7-18-9)17-6-4-3-5-11(13,14)15/h7H,2-6H2,1H3,(H2,16,17,18,19). The van der Waals surface area contributed by atoms with E-state index in [0.717, 1.165) is 6.54 Å². The van der Waals surface area contributed by atoms with Gasteiger partial charge in [-0.1, -0.05) is 0 Å². The predicted molar refractivity (Wildman–Crippen MR) is 72.3 cm³/mol. The van der Waals surface area contributed by atoms with Crippen LogP contribution >= 0.6 is 15.9 Å². The van der Waals surface area contributed by atoms with Crippen LogP contribution in [0.2, 0.25) is 0 Å². The monoisotopic (exact) mass is 340 g/mol. The van der Waals surface area contributed by atoms with E-state index in [0.29, 0.717) is 29.1 Å². The maximum absolute atomic E-state index is 12.0. The molecule has 0 fully saturated rings. The van der Waals surface area contributed by atoms with Crippen LogP contribution in [0.4, 0.5) is 24.8 Å². The number of hydrogen-bond donors (Lipinski definition) is 2. The van der Waals surface area contributed by atoms with Crippen molar-refractivity contribution in [2.45, 2.75) is 32.4 Å². The Balaban J connectivity index is 2.39. The van der Waals surface area contributed by atoms with E-state index < -0.39 is 12.6 Å². The number of alkyl halides is 3. The minimum absolute atomic E-state index is 0.110. The summed E-state index contributed by atoms with van der Waals surface area (Å²) in [5.41, 5.74) is 0. The number of nitrogens with one attached hydrogen (secondary N) is 2. The van der Waals surface area contributed by atoms with Crippen LogP contribution < -0.4 is 10.6 Å². The summed E-state index contributed by atoms with van der Waals surface area (Å²) < 4.78 is 36.5. The van der Waals surface area contributed by atoms with Gasteiger partial charge in [0.25, 0.3) is 0 Å². The van der Waals surface area contributed by atoms with Crippen molar-refractivity contribution in [1.82, 2.24) is 9.97 Å². The molecule has 0 saturated carbocycles. The van der Waals surface area contributed by atoms with Crippen molar-refractivity contribution in [3.05, 3.63) is 10.8 Å². The van der Waals surface area contributed by atoms with Crippen LogP contribution in [-0.4, -0.2) is 29.2 Å². The quantitative estimate of drug-likeness (QED) is 0.741. The summed E-state index contributed by atoms with van der Waals surface area (Å²) in [6.45, 7) is 3.11. The van der Waals surface area contributed by atoms with E-state index in [2.05, 4.69) is 36.5 Å². The lowest BCUT2D eigenvalue weighted by Crippen LogP contribution is -2.10. The third-order valence-corrected chi connectivity index (χ3v) is 3.06. The van der Waals surface area contributed by atoms with Gasteiger partial charge in [0.1, 0.15) is 22.4 Å². The lowest BCUT2D eigenvalue weighted by molar-refractivity contribution is -0.135. The Hall–Kier alpha value is -1.05. The van der Waals surface area contributed by atoms with Gasteiger partial charge in [0, 0.05) is 19.5 Å². The molecule has 1 aromatic heterocycles. The molecular formula is C11H16BrF3N4. The van der Waals surface area contributed by atoms with Gasteiger partial charge in [-0.3, -0.25) is 0 Å². The van der Waals surface area contributed by atoms with Gasteiger partial charge in [0.15, 0.2) is 0 Å². The van der Waals surface area contributed by atoms with Gasteiger partial charge in [-0.15, -0.1) is 0 Å². The molecule has 0 amide bonds. The van der Waals surface area contributed by atoms with Gasteiger partial charge in [-0.05, 0) is 35.7 Å². The summed E-state index contributed by atoms with van der Waals surface area (Å²) in [6, 6.07) is 0. The second kappa shape index (κ2) is 7.52. The number of nitrogens with zero attached hydrogens (tertiary/aromatic N) is 2. The molecule has 2 N–H and O–H groups in total. The molecule has 0 unspecified atom stereocenters. The Kier molecular flexibility index (Phi) is 6.33. The smallest absolute Gasteiger partial charge is 0.369 e. The number of aromatic nitrogens is 2. The fourth-order valence-electron chi connectivity index (χ4n) is 1.44. The molecule has 108 valence electrons. The van der Waals surface area contributed by atoms with Crippen molar-refractivity contribution in [1.29, 1.82) is 0 Å². The van der Waals surface area contributed by atoms with E-state index in [1.807, 2.05) is 6.92 Å². The second-order valence-electron chi connectivity index (χ2n) is 3.91. The Morgan fingerprint density at radius 2 is 1.79 bits per heavy atom. The van der Waals surface area contributed by atoms with Crippen LogP contribution in [0.5, 0.6) is 0 Å². The summed E-state index contributed by atoms with van der Waals surface area (Å²) in [4.78, 5) is 8.08. The Bertz CT molecular complexity index is 398. The molecule has 0 aliphatic heterocycles. The highest BCUT2D eigenvalue weighted by molar-refractivity contribution is 9.10. The van der Waals surface area contributed by atoms with Crippen LogP contribution in [0, 0.1) is 0 Å². The number of unbranched alkanes of at least 4 members (excludes halogenated alkanes) is 1. The fourth-order valence-corrected chi connectivity index (χ4v) is 1.93. The van der Waals surface area contributed by atoms with Gasteiger partial charge in [0.2, 0.25) is 0 Å². The van der Waals surface area contributed by atoms with Gasteiger partial charge in [0.05, 0.1) is 0 Å². The summed E-state index contributed by atoms with van der Waals surface area (Å²) in [6.07, 6.45) is -2.87. The maximum atomic E-state index is 12.0. The van der Waals surface area contributed by atoms with E-state index >= 15 is 0 Å². The molecule has 19 heavy (non-hydrogen) atoms. The first-order chi connectivity index (χ1) is 8.94. The number of anilines is 2. The second-order valence-corrected chi connectivity index (χ2v) is 4.71. The Morgan fingerprint density at radius 1 is 1.16 bits per heavy atom. The molecule has 0 aromatic carbocycles. The van der Waals surface area contributed by atoms with Crippen molar-refractivity contribution in [2.75, 3.05) is 23.7 Å². The van der Waals surface area contributed by atoms with Crippen LogP contribution in [-0.2, 0) is 0 Å². The third kappa shape index (κ3) is 6.09. The van der Waals surface area contributed by atoms with Crippen molar-refractivity contribution in [3.8, 4) is 0 Å². The molecular weight excluding hydrogens is 325 g/mol. The highest BCUT2D eigenvalue weighted by Gasteiger charge is 2.25. The Labute approximate surface area is 118 Å². The summed E-state index contributed by atoms with van der Waals surface area (Å²) in [7, 11) is 0. The van der Waals surface area contributed by atoms with E-state index in [4.69, 9.17) is 0 Å². The molecule has 0 atom stereocenters. The average Bonchev–Trinajstić information content (AvgIpc) is 2.32. The lowest BCUT2D eigenvalue weighted by atomic mass is 10.2. The third-order valence-electron chi connectivity index (χ3n) is 2.31.